The second kappa shape index (κ2) is 7.03. The van der Waals surface area contributed by atoms with Crippen molar-refractivity contribution in [1.29, 1.82) is 0 Å². The Balaban J connectivity index is 1.67. The van der Waals surface area contributed by atoms with Crippen molar-refractivity contribution in [2.45, 2.75) is 46.0 Å². The number of carbonyl (C=O) groups is 3. The highest BCUT2D eigenvalue weighted by molar-refractivity contribution is 7.17. The molecular formula is C21H25NO5S. The largest absolute Gasteiger partial charge is 0.481 e. The summed E-state index contributed by atoms with van der Waals surface area (Å²) < 4.78 is 5.24. The fourth-order valence-corrected chi connectivity index (χ4v) is 6.40. The van der Waals surface area contributed by atoms with Gasteiger partial charge in [-0.2, -0.15) is 0 Å². The number of hydrogen-bond acceptors (Lipinski definition) is 5. The number of allylic oxidation sites excluding steroid dienone is 2. The van der Waals surface area contributed by atoms with Gasteiger partial charge in [0.1, 0.15) is 5.00 Å². The molecule has 4 atom stereocenters. The molecule has 0 radical (unpaired) electrons. The van der Waals surface area contributed by atoms with Gasteiger partial charge in [0.15, 0.2) is 0 Å². The van der Waals surface area contributed by atoms with E-state index in [0.717, 1.165) is 36.1 Å². The predicted molar refractivity (Wildman–Crippen MR) is 106 cm³/mol. The van der Waals surface area contributed by atoms with Crippen molar-refractivity contribution in [3.63, 3.8) is 0 Å². The number of ether oxygens (including phenoxy) is 1. The second-order valence-corrected chi connectivity index (χ2v) is 9.19. The van der Waals surface area contributed by atoms with Gasteiger partial charge in [0, 0.05) is 4.88 Å². The van der Waals surface area contributed by atoms with E-state index in [4.69, 9.17) is 4.74 Å². The first-order valence-corrected chi connectivity index (χ1v) is 10.7. The minimum Gasteiger partial charge on any atom is -0.481 e. The summed E-state index contributed by atoms with van der Waals surface area (Å²) in [4.78, 5) is 38.9. The zero-order valence-electron chi connectivity index (χ0n) is 16.1. The van der Waals surface area contributed by atoms with Crippen molar-refractivity contribution in [3.05, 3.63) is 28.2 Å². The van der Waals surface area contributed by atoms with E-state index < -0.39 is 23.3 Å². The van der Waals surface area contributed by atoms with Crippen molar-refractivity contribution in [3.8, 4) is 0 Å². The van der Waals surface area contributed by atoms with Crippen molar-refractivity contribution < 1.29 is 24.2 Å². The van der Waals surface area contributed by atoms with E-state index in [9.17, 15) is 19.5 Å². The number of hydrogen-bond donors (Lipinski definition) is 2. The van der Waals surface area contributed by atoms with Crippen molar-refractivity contribution >= 4 is 34.2 Å². The summed E-state index contributed by atoms with van der Waals surface area (Å²) >= 11 is 1.43. The van der Waals surface area contributed by atoms with Gasteiger partial charge < -0.3 is 15.2 Å². The Hall–Kier alpha value is -2.15. The summed E-state index contributed by atoms with van der Waals surface area (Å²) in [7, 11) is 0. The third-order valence-electron chi connectivity index (χ3n) is 6.59. The van der Waals surface area contributed by atoms with E-state index in [2.05, 4.69) is 5.32 Å². The van der Waals surface area contributed by atoms with Gasteiger partial charge in [-0.25, -0.2) is 4.79 Å². The van der Waals surface area contributed by atoms with Gasteiger partial charge in [0.25, 0.3) is 0 Å². The van der Waals surface area contributed by atoms with Gasteiger partial charge in [-0.3, -0.25) is 9.59 Å². The first-order chi connectivity index (χ1) is 13.4. The Labute approximate surface area is 168 Å². The summed E-state index contributed by atoms with van der Waals surface area (Å²) in [6.45, 7) is 3.69. The van der Waals surface area contributed by atoms with Crippen LogP contribution in [0.25, 0.3) is 0 Å². The van der Waals surface area contributed by atoms with Crippen LogP contribution in [0.15, 0.2) is 12.2 Å². The third kappa shape index (κ3) is 2.79. The van der Waals surface area contributed by atoms with E-state index in [1.54, 1.807) is 13.8 Å². The van der Waals surface area contributed by atoms with Crippen molar-refractivity contribution in [2.24, 2.45) is 23.2 Å². The van der Waals surface area contributed by atoms with Gasteiger partial charge in [-0.1, -0.05) is 12.2 Å². The monoisotopic (exact) mass is 403 g/mol. The van der Waals surface area contributed by atoms with Gasteiger partial charge in [0.2, 0.25) is 5.91 Å². The molecule has 4 rings (SSSR count). The lowest BCUT2D eigenvalue weighted by Crippen LogP contribution is -2.45. The molecule has 3 aliphatic carbocycles. The van der Waals surface area contributed by atoms with Crippen LogP contribution in [0.3, 0.4) is 0 Å². The van der Waals surface area contributed by atoms with Crippen LogP contribution in [0.4, 0.5) is 5.00 Å². The molecule has 1 aromatic heterocycles. The maximum Gasteiger partial charge on any atom is 0.341 e. The normalized spacial score (nSPS) is 30.1. The quantitative estimate of drug-likeness (QED) is 0.578. The first-order valence-electron chi connectivity index (χ1n) is 9.92. The predicted octanol–water partition coefficient (Wildman–Crippen LogP) is 3.66. The number of rotatable bonds is 5. The fourth-order valence-electron chi connectivity index (χ4n) is 5.12. The number of nitrogens with one attached hydrogen (secondary N) is 1. The Morgan fingerprint density at radius 2 is 2.04 bits per heavy atom. The molecule has 0 unspecified atom stereocenters. The molecule has 1 saturated carbocycles. The number of carboxylic acid groups (broad SMARTS) is 1. The van der Waals surface area contributed by atoms with Crippen LogP contribution >= 0.6 is 11.3 Å². The van der Waals surface area contributed by atoms with E-state index in [0.29, 0.717) is 17.0 Å². The second-order valence-electron chi connectivity index (χ2n) is 8.08. The van der Waals surface area contributed by atoms with Gasteiger partial charge in [-0.05, 0) is 63.4 Å². The van der Waals surface area contributed by atoms with E-state index >= 15 is 0 Å². The lowest BCUT2D eigenvalue weighted by Gasteiger charge is -2.33. The molecule has 3 aliphatic rings. The molecule has 0 aromatic carbocycles. The van der Waals surface area contributed by atoms with E-state index in [1.165, 1.54) is 11.3 Å². The summed E-state index contributed by atoms with van der Waals surface area (Å²) in [5.41, 5.74) is 0.328. The molecule has 1 amide bonds. The zero-order valence-corrected chi connectivity index (χ0v) is 16.9. The van der Waals surface area contributed by atoms with Crippen LogP contribution in [-0.4, -0.2) is 29.6 Å². The summed E-state index contributed by atoms with van der Waals surface area (Å²) in [6, 6.07) is 0. The molecular weight excluding hydrogens is 378 g/mol. The molecule has 7 heteroatoms. The highest BCUT2D eigenvalue weighted by Crippen LogP contribution is 2.56. The van der Waals surface area contributed by atoms with Crippen LogP contribution < -0.4 is 5.32 Å². The molecule has 28 heavy (non-hydrogen) atoms. The molecule has 0 saturated heterocycles. The van der Waals surface area contributed by atoms with E-state index in [1.807, 2.05) is 12.2 Å². The molecule has 0 aliphatic heterocycles. The fraction of sp³-hybridized carbons (Fsp3) is 0.571. The van der Waals surface area contributed by atoms with Crippen LogP contribution in [-0.2, 0) is 27.2 Å². The highest BCUT2D eigenvalue weighted by atomic mass is 32.1. The van der Waals surface area contributed by atoms with Crippen LogP contribution in [0.1, 0.15) is 53.9 Å². The lowest BCUT2D eigenvalue weighted by atomic mass is 9.69. The summed E-state index contributed by atoms with van der Waals surface area (Å²) in [5, 5.41) is 13.3. The summed E-state index contributed by atoms with van der Waals surface area (Å²) in [5.74, 6) is -2.52. The Morgan fingerprint density at radius 1 is 1.29 bits per heavy atom. The SMILES string of the molecule is CCOC(=O)c1c(NC(=O)[C@H]2[C@@H]3C=C[C@H](C3)[C@@]2(C)C(=O)O)sc2c1CCCC2. The lowest BCUT2D eigenvalue weighted by molar-refractivity contribution is -0.155. The number of carboxylic acids is 1. The smallest absolute Gasteiger partial charge is 0.341 e. The molecule has 150 valence electrons. The number of aliphatic carboxylic acids is 1. The number of thiophene rings is 1. The van der Waals surface area contributed by atoms with Gasteiger partial charge in [0.05, 0.1) is 23.5 Å². The van der Waals surface area contributed by atoms with E-state index in [-0.39, 0.29) is 24.3 Å². The molecule has 0 spiro atoms. The maximum absolute atomic E-state index is 13.2. The van der Waals surface area contributed by atoms with Gasteiger partial charge >= 0.3 is 11.9 Å². The average Bonchev–Trinajstić information content (AvgIpc) is 3.33. The Kier molecular flexibility index (Phi) is 4.81. The number of esters is 1. The van der Waals surface area contributed by atoms with Crippen molar-refractivity contribution in [1.82, 2.24) is 0 Å². The number of fused-ring (bicyclic) bond motifs is 3. The topological polar surface area (TPSA) is 92.7 Å². The molecule has 2 N–H and O–H groups in total. The zero-order chi connectivity index (χ0) is 20.1. The first kappa shape index (κ1) is 19.2. The minimum atomic E-state index is -1.12. The van der Waals surface area contributed by atoms with Crippen LogP contribution in [0, 0.1) is 23.2 Å². The molecule has 1 aromatic rings. The summed E-state index contributed by atoms with van der Waals surface area (Å²) in [6.07, 6.45) is 8.36. The molecule has 1 heterocycles. The minimum absolute atomic E-state index is 0.0771. The number of amides is 1. The Bertz CT molecular complexity index is 872. The van der Waals surface area contributed by atoms with Crippen LogP contribution in [0.2, 0.25) is 0 Å². The van der Waals surface area contributed by atoms with Crippen LogP contribution in [0.5, 0.6) is 0 Å². The average molecular weight is 404 g/mol. The van der Waals surface area contributed by atoms with Crippen molar-refractivity contribution in [2.75, 3.05) is 11.9 Å². The maximum atomic E-state index is 13.2. The molecule has 1 fully saturated rings. The number of carbonyl (C=O) groups excluding carboxylic acids is 2. The Morgan fingerprint density at radius 3 is 2.75 bits per heavy atom. The number of aryl methyl sites for hydroxylation is 1. The third-order valence-corrected chi connectivity index (χ3v) is 7.80. The standard InChI is InChI=1S/C21H25NO5S/c1-3-27-19(24)15-13-6-4-5-7-14(13)28-18(15)22-17(23)16-11-8-9-12(10-11)21(16,2)20(25)26/h8-9,11-12,16H,3-7,10H2,1-2H3,(H,22,23)(H,25,26)/t11-,12-,16-,21-/m1/s1. The molecule has 2 bridgehead atoms. The highest BCUT2D eigenvalue weighted by Gasteiger charge is 2.60. The molecule has 6 nitrogen and oxygen atoms in total. The van der Waals surface area contributed by atoms with Gasteiger partial charge in [-0.15, -0.1) is 11.3 Å². The number of anilines is 1.